The lowest BCUT2D eigenvalue weighted by Gasteiger charge is -2.22. The van der Waals surface area contributed by atoms with Gasteiger partial charge in [0.25, 0.3) is 0 Å². The van der Waals surface area contributed by atoms with Gasteiger partial charge in [0.15, 0.2) is 0 Å². The van der Waals surface area contributed by atoms with Gasteiger partial charge in [-0.25, -0.2) is 0 Å². The molecular weight excluding hydrogens is 206 g/mol. The smallest absolute Gasteiger partial charge is 0.223 e. The molecular formula is C10H17N5O. The van der Waals surface area contributed by atoms with Gasteiger partial charge in [-0.05, 0) is 18.8 Å². The van der Waals surface area contributed by atoms with Crippen molar-refractivity contribution in [2.75, 3.05) is 36.5 Å². The first kappa shape index (κ1) is 10.9. The Morgan fingerprint density at radius 3 is 3.00 bits per heavy atom. The van der Waals surface area contributed by atoms with Crippen LogP contribution in [0.15, 0.2) is 6.07 Å². The molecule has 1 saturated heterocycles. The first-order valence-corrected chi connectivity index (χ1v) is 5.45. The quantitative estimate of drug-likeness (QED) is 0.689. The van der Waals surface area contributed by atoms with Crippen molar-refractivity contribution in [3.8, 4) is 0 Å². The van der Waals surface area contributed by atoms with Crippen molar-refractivity contribution >= 4 is 17.6 Å². The van der Waals surface area contributed by atoms with Crippen LogP contribution < -0.4 is 16.8 Å². The van der Waals surface area contributed by atoms with Gasteiger partial charge in [0.2, 0.25) is 5.95 Å². The Labute approximate surface area is 94.4 Å². The Morgan fingerprint density at radius 1 is 1.44 bits per heavy atom. The Kier molecular flexibility index (Phi) is 3.40. The molecule has 1 atom stereocenters. The molecule has 1 aliphatic heterocycles. The van der Waals surface area contributed by atoms with Crippen molar-refractivity contribution in [1.82, 2.24) is 9.97 Å². The standard InChI is InChI=1S/C10H17N5O/c11-8-4-9(15-10(12)14-8)13-5-7-2-1-3-16-6-7/h4,7H,1-3,5-6H2,(H5,11,12,13,14,15). The summed E-state index contributed by atoms with van der Waals surface area (Å²) in [4.78, 5) is 7.86. The topological polar surface area (TPSA) is 99.1 Å². The normalized spacial score (nSPS) is 20.6. The van der Waals surface area contributed by atoms with E-state index in [1.165, 1.54) is 6.42 Å². The molecule has 6 heteroatoms. The number of nitrogens with zero attached hydrogens (tertiary/aromatic N) is 2. The van der Waals surface area contributed by atoms with Crippen LogP contribution in [-0.2, 0) is 4.74 Å². The highest BCUT2D eigenvalue weighted by Crippen LogP contribution is 2.15. The molecule has 16 heavy (non-hydrogen) atoms. The predicted octanol–water partition coefficient (Wildman–Crippen LogP) is 0.479. The average Bonchev–Trinajstić information content (AvgIpc) is 2.27. The van der Waals surface area contributed by atoms with E-state index in [2.05, 4.69) is 15.3 Å². The lowest BCUT2D eigenvalue weighted by Crippen LogP contribution is -2.24. The number of hydrogen-bond donors (Lipinski definition) is 3. The van der Waals surface area contributed by atoms with Crippen LogP contribution in [0, 0.1) is 5.92 Å². The van der Waals surface area contributed by atoms with Crippen LogP contribution >= 0.6 is 0 Å². The maximum Gasteiger partial charge on any atom is 0.223 e. The molecule has 2 heterocycles. The molecule has 2 rings (SSSR count). The van der Waals surface area contributed by atoms with E-state index in [-0.39, 0.29) is 5.95 Å². The van der Waals surface area contributed by atoms with Gasteiger partial charge in [-0.15, -0.1) is 0 Å². The summed E-state index contributed by atoms with van der Waals surface area (Å²) in [5.41, 5.74) is 11.1. The first-order chi connectivity index (χ1) is 7.74. The molecule has 0 radical (unpaired) electrons. The van der Waals surface area contributed by atoms with Gasteiger partial charge in [0, 0.05) is 19.2 Å². The summed E-state index contributed by atoms with van der Waals surface area (Å²) in [6, 6.07) is 1.68. The molecule has 5 N–H and O–H groups in total. The second-order valence-corrected chi connectivity index (χ2v) is 4.00. The minimum absolute atomic E-state index is 0.197. The van der Waals surface area contributed by atoms with E-state index in [1.54, 1.807) is 6.07 Å². The number of ether oxygens (including phenoxy) is 1. The van der Waals surface area contributed by atoms with Gasteiger partial charge in [-0.3, -0.25) is 0 Å². The van der Waals surface area contributed by atoms with Crippen LogP contribution in [0.2, 0.25) is 0 Å². The van der Waals surface area contributed by atoms with Crippen molar-refractivity contribution < 1.29 is 4.74 Å². The molecule has 0 bridgehead atoms. The van der Waals surface area contributed by atoms with Gasteiger partial charge < -0.3 is 21.5 Å². The SMILES string of the molecule is Nc1cc(NCC2CCCOC2)nc(N)n1. The number of aromatic nitrogens is 2. The number of hydrogen-bond acceptors (Lipinski definition) is 6. The predicted molar refractivity (Wildman–Crippen MR) is 62.9 cm³/mol. The van der Waals surface area contributed by atoms with Gasteiger partial charge >= 0.3 is 0 Å². The van der Waals surface area contributed by atoms with E-state index in [9.17, 15) is 0 Å². The fraction of sp³-hybridized carbons (Fsp3) is 0.600. The van der Waals surface area contributed by atoms with Gasteiger partial charge in [0.05, 0.1) is 6.61 Å². The van der Waals surface area contributed by atoms with Crippen molar-refractivity contribution in [3.63, 3.8) is 0 Å². The van der Waals surface area contributed by atoms with E-state index >= 15 is 0 Å². The molecule has 1 fully saturated rings. The zero-order chi connectivity index (χ0) is 11.4. The van der Waals surface area contributed by atoms with Gasteiger partial charge in [-0.1, -0.05) is 0 Å². The van der Waals surface area contributed by atoms with Gasteiger partial charge in [0.1, 0.15) is 11.6 Å². The average molecular weight is 223 g/mol. The van der Waals surface area contributed by atoms with Crippen LogP contribution in [0.1, 0.15) is 12.8 Å². The number of anilines is 3. The maximum atomic E-state index is 5.57. The molecule has 1 aromatic heterocycles. The fourth-order valence-corrected chi connectivity index (χ4v) is 1.79. The highest BCUT2D eigenvalue weighted by atomic mass is 16.5. The Balaban J connectivity index is 1.88. The second kappa shape index (κ2) is 4.98. The second-order valence-electron chi connectivity index (χ2n) is 4.00. The van der Waals surface area contributed by atoms with Gasteiger partial charge in [-0.2, -0.15) is 9.97 Å². The van der Waals surface area contributed by atoms with Crippen molar-refractivity contribution in [2.45, 2.75) is 12.8 Å². The van der Waals surface area contributed by atoms with Crippen LogP contribution in [0.5, 0.6) is 0 Å². The first-order valence-electron chi connectivity index (χ1n) is 5.45. The molecule has 0 amide bonds. The third kappa shape index (κ3) is 2.96. The molecule has 6 nitrogen and oxygen atoms in total. The molecule has 1 aromatic rings. The summed E-state index contributed by atoms with van der Waals surface area (Å²) in [5, 5.41) is 3.20. The summed E-state index contributed by atoms with van der Waals surface area (Å²) < 4.78 is 5.40. The maximum absolute atomic E-state index is 5.57. The van der Waals surface area contributed by atoms with E-state index in [4.69, 9.17) is 16.2 Å². The van der Waals surface area contributed by atoms with Crippen molar-refractivity contribution in [3.05, 3.63) is 6.07 Å². The highest BCUT2D eigenvalue weighted by Gasteiger charge is 2.13. The molecule has 1 unspecified atom stereocenters. The molecule has 1 aliphatic rings. The van der Waals surface area contributed by atoms with Crippen LogP contribution in [0.4, 0.5) is 17.6 Å². The van der Waals surface area contributed by atoms with Crippen LogP contribution in [0.25, 0.3) is 0 Å². The number of rotatable bonds is 3. The van der Waals surface area contributed by atoms with E-state index < -0.39 is 0 Å². The molecule has 0 spiro atoms. The number of nitrogens with two attached hydrogens (primary N) is 2. The van der Waals surface area contributed by atoms with Crippen molar-refractivity contribution in [2.24, 2.45) is 5.92 Å². The summed E-state index contributed by atoms with van der Waals surface area (Å²) in [5.74, 6) is 1.79. The Morgan fingerprint density at radius 2 is 2.31 bits per heavy atom. The monoisotopic (exact) mass is 223 g/mol. The number of nitrogens with one attached hydrogen (secondary N) is 1. The summed E-state index contributed by atoms with van der Waals surface area (Å²) in [6.07, 6.45) is 2.31. The van der Waals surface area contributed by atoms with Crippen molar-refractivity contribution in [1.29, 1.82) is 0 Å². The number of nitrogen functional groups attached to an aromatic ring is 2. The van der Waals surface area contributed by atoms with Crippen LogP contribution in [-0.4, -0.2) is 29.7 Å². The summed E-state index contributed by atoms with van der Waals surface area (Å²) >= 11 is 0. The van der Waals surface area contributed by atoms with E-state index in [0.29, 0.717) is 17.6 Å². The van der Waals surface area contributed by atoms with E-state index in [0.717, 1.165) is 26.2 Å². The Hall–Kier alpha value is -1.56. The molecule has 88 valence electrons. The minimum atomic E-state index is 0.197. The minimum Gasteiger partial charge on any atom is -0.383 e. The molecule has 0 saturated carbocycles. The third-order valence-electron chi connectivity index (χ3n) is 2.59. The lowest BCUT2D eigenvalue weighted by molar-refractivity contribution is 0.0595. The zero-order valence-electron chi connectivity index (χ0n) is 9.15. The fourth-order valence-electron chi connectivity index (χ4n) is 1.79. The largest absolute Gasteiger partial charge is 0.383 e. The third-order valence-corrected chi connectivity index (χ3v) is 2.59. The molecule has 0 aliphatic carbocycles. The zero-order valence-corrected chi connectivity index (χ0v) is 9.15. The lowest BCUT2D eigenvalue weighted by atomic mass is 10.0. The molecule has 0 aromatic carbocycles. The highest BCUT2D eigenvalue weighted by molar-refractivity contribution is 5.48. The Bertz CT molecular complexity index is 331. The summed E-state index contributed by atoms with van der Waals surface area (Å²) in [7, 11) is 0. The summed E-state index contributed by atoms with van der Waals surface area (Å²) in [6.45, 7) is 2.52. The van der Waals surface area contributed by atoms with Crippen LogP contribution in [0.3, 0.4) is 0 Å². The van der Waals surface area contributed by atoms with E-state index in [1.807, 2.05) is 0 Å².